The number of carbonyl (C=O) groups is 2. The summed E-state index contributed by atoms with van der Waals surface area (Å²) < 4.78 is 74.8. The van der Waals surface area contributed by atoms with Gasteiger partial charge in [0, 0.05) is 28.5 Å². The summed E-state index contributed by atoms with van der Waals surface area (Å²) in [6.45, 7) is 2.71. The zero-order valence-corrected chi connectivity index (χ0v) is 22.4. The Hall–Kier alpha value is -3.17. The second-order valence-electron chi connectivity index (χ2n) is 11.9. The predicted octanol–water partition coefficient (Wildman–Crippen LogP) is 6.33. The van der Waals surface area contributed by atoms with Crippen molar-refractivity contribution in [2.75, 3.05) is 13.2 Å². The first-order valence-electron chi connectivity index (χ1n) is 13.5. The molecule has 5 nitrogen and oxygen atoms in total. The number of halogens is 5. The Bertz CT molecular complexity index is 1300. The molecule has 2 heterocycles. The Morgan fingerprint density at radius 3 is 2.30 bits per heavy atom. The molecule has 2 aromatic rings. The highest BCUT2D eigenvalue weighted by atomic mass is 19.4. The van der Waals surface area contributed by atoms with E-state index in [4.69, 9.17) is 4.74 Å². The van der Waals surface area contributed by atoms with Crippen LogP contribution in [0.15, 0.2) is 42.5 Å². The van der Waals surface area contributed by atoms with Crippen molar-refractivity contribution in [2.45, 2.75) is 75.7 Å². The van der Waals surface area contributed by atoms with Gasteiger partial charge in [-0.3, -0.25) is 9.59 Å². The van der Waals surface area contributed by atoms with E-state index in [1.165, 1.54) is 18.2 Å². The van der Waals surface area contributed by atoms with Gasteiger partial charge in [0.1, 0.15) is 18.2 Å². The third-order valence-electron chi connectivity index (χ3n) is 9.45. The molecule has 1 saturated heterocycles. The van der Waals surface area contributed by atoms with Crippen LogP contribution >= 0.6 is 0 Å². The summed E-state index contributed by atoms with van der Waals surface area (Å²) in [4.78, 5) is 27.2. The van der Waals surface area contributed by atoms with Crippen molar-refractivity contribution in [3.63, 3.8) is 0 Å². The number of benzene rings is 2. The van der Waals surface area contributed by atoms with Gasteiger partial charge < -0.3 is 14.7 Å². The number of hydrogen-bond acceptors (Lipinski definition) is 3. The Kier molecular flexibility index (Phi) is 6.90. The van der Waals surface area contributed by atoms with E-state index >= 15 is 0 Å². The molecule has 1 N–H and O–H groups in total. The average molecular weight is 566 g/mol. The van der Waals surface area contributed by atoms with Crippen LogP contribution in [0.3, 0.4) is 0 Å². The molecule has 3 atom stereocenters. The fraction of sp³-hybridized carbons (Fsp3) is 0.533. The van der Waals surface area contributed by atoms with E-state index in [1.54, 1.807) is 17.0 Å². The SMILES string of the molecule is CC(F)(c1ccc2c(c1)OCC1N(C(=O)[C@]3(C)CC[C@@H](C(=O)O)CC3)CCC21Cc1ccc(F)cc1)C(F)(F)F. The molecule has 1 saturated carbocycles. The van der Waals surface area contributed by atoms with Crippen molar-refractivity contribution < 1.29 is 41.4 Å². The van der Waals surface area contributed by atoms with Crippen LogP contribution in [-0.2, 0) is 27.1 Å². The molecule has 0 aromatic heterocycles. The van der Waals surface area contributed by atoms with Crippen molar-refractivity contribution in [3.05, 3.63) is 65.0 Å². The van der Waals surface area contributed by atoms with E-state index in [-0.39, 0.29) is 18.3 Å². The molecule has 2 fully saturated rings. The summed E-state index contributed by atoms with van der Waals surface area (Å²) in [5.74, 6) is -1.70. The van der Waals surface area contributed by atoms with E-state index in [2.05, 4.69) is 0 Å². The molecular weight excluding hydrogens is 533 g/mol. The second kappa shape index (κ2) is 9.73. The summed E-state index contributed by atoms with van der Waals surface area (Å²) in [6, 6.07) is 9.20. The van der Waals surface area contributed by atoms with Gasteiger partial charge in [0.2, 0.25) is 11.6 Å². The van der Waals surface area contributed by atoms with Crippen LogP contribution in [0, 0.1) is 17.2 Å². The number of alkyl halides is 4. The summed E-state index contributed by atoms with van der Waals surface area (Å²) >= 11 is 0. The lowest BCUT2D eigenvalue weighted by atomic mass is 9.67. The minimum absolute atomic E-state index is 0.00619. The van der Waals surface area contributed by atoms with Gasteiger partial charge in [-0.1, -0.05) is 31.2 Å². The first-order valence-corrected chi connectivity index (χ1v) is 13.5. The predicted molar refractivity (Wildman–Crippen MR) is 136 cm³/mol. The maximum absolute atomic E-state index is 14.8. The topological polar surface area (TPSA) is 66.8 Å². The molecule has 5 rings (SSSR count). The van der Waals surface area contributed by atoms with Gasteiger partial charge in [-0.2, -0.15) is 13.2 Å². The van der Waals surface area contributed by atoms with Crippen LogP contribution in [0.2, 0.25) is 0 Å². The minimum atomic E-state index is -5.12. The quantitative estimate of drug-likeness (QED) is 0.431. The highest BCUT2D eigenvalue weighted by molar-refractivity contribution is 5.84. The Morgan fingerprint density at radius 2 is 1.70 bits per heavy atom. The van der Waals surface area contributed by atoms with E-state index in [9.17, 15) is 36.6 Å². The standard InChI is InChI=1S/C30H32F5NO4/c1-27(11-9-19(10-12-27)25(37)38)26(39)36-14-13-29(16-18-3-6-21(31)7-4-18)22-8-5-20(28(2,32)30(33,34)35)15-23(22)40-17-24(29)36/h3-8,15,19,24H,9-14,16-17H2,1-2H3,(H,37,38)/t19-,24?,27-,28?,29?. The fourth-order valence-electron chi connectivity index (χ4n) is 6.76. The Balaban J connectivity index is 1.52. The van der Waals surface area contributed by atoms with E-state index in [0.29, 0.717) is 57.6 Å². The number of carboxylic acid groups (broad SMARTS) is 1. The number of carbonyl (C=O) groups excluding carboxylic acids is 1. The number of nitrogens with zero attached hydrogens (tertiary/aromatic N) is 1. The summed E-state index contributed by atoms with van der Waals surface area (Å²) in [7, 11) is 0. The highest BCUT2D eigenvalue weighted by Crippen LogP contribution is 2.53. The molecule has 2 aliphatic heterocycles. The van der Waals surface area contributed by atoms with Crippen molar-refractivity contribution in [3.8, 4) is 5.75 Å². The van der Waals surface area contributed by atoms with Gasteiger partial charge in [0.05, 0.1) is 12.0 Å². The van der Waals surface area contributed by atoms with Crippen molar-refractivity contribution >= 4 is 11.9 Å². The zero-order chi connectivity index (χ0) is 29.1. The smallest absolute Gasteiger partial charge is 0.426 e. The third kappa shape index (κ3) is 4.63. The molecule has 216 valence electrons. The second-order valence-corrected chi connectivity index (χ2v) is 11.9. The molecule has 1 amide bonds. The number of carboxylic acids is 1. The molecule has 2 aromatic carbocycles. The molecule has 0 bridgehead atoms. The molecule has 3 aliphatic rings. The maximum atomic E-state index is 14.8. The number of ether oxygens (including phenoxy) is 1. The van der Waals surface area contributed by atoms with Crippen LogP contribution in [0.4, 0.5) is 22.0 Å². The number of hydrogen-bond donors (Lipinski definition) is 1. The summed E-state index contributed by atoms with van der Waals surface area (Å²) in [5.41, 5.74) is -4.26. The minimum Gasteiger partial charge on any atom is -0.491 e. The van der Waals surface area contributed by atoms with Crippen LogP contribution in [0.25, 0.3) is 0 Å². The number of rotatable bonds is 5. The highest BCUT2D eigenvalue weighted by Gasteiger charge is 2.57. The molecule has 10 heteroatoms. The monoisotopic (exact) mass is 565 g/mol. The van der Waals surface area contributed by atoms with Crippen molar-refractivity contribution in [1.29, 1.82) is 0 Å². The molecule has 1 aliphatic carbocycles. The summed E-state index contributed by atoms with van der Waals surface area (Å²) in [5, 5.41) is 9.39. The van der Waals surface area contributed by atoms with Crippen LogP contribution in [0.5, 0.6) is 5.75 Å². The average Bonchev–Trinajstić information content (AvgIpc) is 3.28. The van der Waals surface area contributed by atoms with Gasteiger partial charge in [-0.15, -0.1) is 0 Å². The molecule has 0 spiro atoms. The van der Waals surface area contributed by atoms with Gasteiger partial charge >= 0.3 is 12.1 Å². The first-order chi connectivity index (χ1) is 18.7. The molecule has 40 heavy (non-hydrogen) atoms. The maximum Gasteiger partial charge on any atom is 0.426 e. The fourth-order valence-corrected chi connectivity index (χ4v) is 6.76. The van der Waals surface area contributed by atoms with Crippen LogP contribution in [-0.4, -0.2) is 47.3 Å². The van der Waals surface area contributed by atoms with Crippen LogP contribution in [0.1, 0.15) is 62.6 Å². The van der Waals surface area contributed by atoms with E-state index in [0.717, 1.165) is 17.7 Å². The molecule has 0 radical (unpaired) electrons. The molecule has 3 unspecified atom stereocenters. The lowest BCUT2D eigenvalue weighted by Gasteiger charge is -2.45. The van der Waals surface area contributed by atoms with Gasteiger partial charge in [-0.05, 0) is 69.2 Å². The largest absolute Gasteiger partial charge is 0.491 e. The van der Waals surface area contributed by atoms with Gasteiger partial charge in [0.15, 0.2) is 0 Å². The zero-order valence-electron chi connectivity index (χ0n) is 22.4. The van der Waals surface area contributed by atoms with Crippen molar-refractivity contribution in [2.24, 2.45) is 11.3 Å². The van der Waals surface area contributed by atoms with Gasteiger partial charge in [0.25, 0.3) is 0 Å². The number of aliphatic carboxylic acids is 1. The van der Waals surface area contributed by atoms with Crippen LogP contribution < -0.4 is 4.74 Å². The Labute approximate surface area is 229 Å². The normalized spacial score (nSPS) is 29.6. The molecular formula is C30H32F5NO4. The number of amides is 1. The van der Waals surface area contributed by atoms with Crippen molar-refractivity contribution in [1.82, 2.24) is 4.90 Å². The third-order valence-corrected chi connectivity index (χ3v) is 9.45. The van der Waals surface area contributed by atoms with E-state index in [1.807, 2.05) is 6.92 Å². The number of likely N-dealkylation sites (tertiary alicyclic amines) is 1. The summed E-state index contributed by atoms with van der Waals surface area (Å²) in [6.07, 6.45) is -2.58. The first kappa shape index (κ1) is 28.4. The number of fused-ring (bicyclic) bond motifs is 3. The lowest BCUT2D eigenvalue weighted by molar-refractivity contribution is -0.228. The van der Waals surface area contributed by atoms with Gasteiger partial charge in [-0.25, -0.2) is 8.78 Å². The van der Waals surface area contributed by atoms with E-state index < -0.39 is 52.0 Å². The lowest BCUT2D eigenvalue weighted by Crippen LogP contribution is -2.55. The Morgan fingerprint density at radius 1 is 1.05 bits per heavy atom.